The molecule has 2 amide bonds. The summed E-state index contributed by atoms with van der Waals surface area (Å²) in [4.78, 5) is 32.8. The zero-order valence-corrected chi connectivity index (χ0v) is 18.8. The highest BCUT2D eigenvalue weighted by Gasteiger charge is 2.39. The van der Waals surface area contributed by atoms with E-state index < -0.39 is 0 Å². The maximum absolute atomic E-state index is 13.6. The van der Waals surface area contributed by atoms with Crippen molar-refractivity contribution in [2.24, 2.45) is 11.8 Å². The summed E-state index contributed by atoms with van der Waals surface area (Å²) in [5, 5.41) is 0.585. The molecular formula is C24H34ClN3O2. The summed E-state index contributed by atoms with van der Waals surface area (Å²) in [6.45, 7) is 6.95. The van der Waals surface area contributed by atoms with Gasteiger partial charge >= 0.3 is 0 Å². The molecule has 5 nitrogen and oxygen atoms in total. The second-order valence-electron chi connectivity index (χ2n) is 9.34. The van der Waals surface area contributed by atoms with Crippen molar-refractivity contribution in [3.8, 4) is 0 Å². The van der Waals surface area contributed by atoms with Crippen LogP contribution in [0.3, 0.4) is 0 Å². The summed E-state index contributed by atoms with van der Waals surface area (Å²) in [6.07, 6.45) is 7.01. The minimum Gasteiger partial charge on any atom is -0.341 e. The first-order valence-electron chi connectivity index (χ1n) is 11.6. The number of carbonyl (C=O) groups excluding carboxylic acids is 2. The van der Waals surface area contributed by atoms with E-state index in [2.05, 4.69) is 16.7 Å². The first kappa shape index (κ1) is 21.6. The van der Waals surface area contributed by atoms with Gasteiger partial charge < -0.3 is 9.80 Å². The van der Waals surface area contributed by atoms with Gasteiger partial charge in [0.25, 0.3) is 5.91 Å². The molecular weight excluding hydrogens is 398 g/mol. The van der Waals surface area contributed by atoms with E-state index in [0.29, 0.717) is 35.5 Å². The van der Waals surface area contributed by atoms with Crippen molar-refractivity contribution in [1.82, 2.24) is 14.7 Å². The van der Waals surface area contributed by atoms with Crippen molar-refractivity contribution in [2.45, 2.75) is 51.5 Å². The van der Waals surface area contributed by atoms with Crippen molar-refractivity contribution in [2.75, 3.05) is 39.3 Å². The van der Waals surface area contributed by atoms with E-state index in [1.807, 2.05) is 17.0 Å². The first-order valence-corrected chi connectivity index (χ1v) is 12.0. The fraction of sp³-hybridized carbons (Fsp3) is 0.667. The molecule has 1 saturated carbocycles. The van der Waals surface area contributed by atoms with Gasteiger partial charge in [0.1, 0.15) is 0 Å². The third kappa shape index (κ3) is 4.83. The molecule has 0 bridgehead atoms. The zero-order valence-electron chi connectivity index (χ0n) is 18.1. The fourth-order valence-corrected chi connectivity index (χ4v) is 5.54. The van der Waals surface area contributed by atoms with Gasteiger partial charge in [-0.1, -0.05) is 37.4 Å². The molecule has 0 aromatic heterocycles. The van der Waals surface area contributed by atoms with E-state index in [0.717, 1.165) is 57.8 Å². The summed E-state index contributed by atoms with van der Waals surface area (Å²) in [7, 11) is 0. The smallest absolute Gasteiger partial charge is 0.253 e. The van der Waals surface area contributed by atoms with Gasteiger partial charge in [-0.05, 0) is 55.7 Å². The molecule has 3 fully saturated rings. The van der Waals surface area contributed by atoms with Crippen LogP contribution in [0.2, 0.25) is 5.02 Å². The number of likely N-dealkylation sites (tertiary alicyclic amines) is 1. The minimum absolute atomic E-state index is 0.00988. The van der Waals surface area contributed by atoms with Crippen LogP contribution in [-0.2, 0) is 4.79 Å². The third-order valence-corrected chi connectivity index (χ3v) is 7.50. The van der Waals surface area contributed by atoms with E-state index in [-0.39, 0.29) is 11.9 Å². The molecule has 30 heavy (non-hydrogen) atoms. The Morgan fingerprint density at radius 2 is 1.60 bits per heavy atom. The van der Waals surface area contributed by atoms with E-state index in [9.17, 15) is 9.59 Å². The summed E-state index contributed by atoms with van der Waals surface area (Å²) < 4.78 is 0. The number of piperidine rings is 1. The summed E-state index contributed by atoms with van der Waals surface area (Å²) in [5.41, 5.74) is 0.641. The lowest BCUT2D eigenvalue weighted by molar-refractivity contribution is -0.141. The van der Waals surface area contributed by atoms with Crippen molar-refractivity contribution >= 4 is 23.4 Å². The van der Waals surface area contributed by atoms with Crippen LogP contribution in [0.5, 0.6) is 0 Å². The van der Waals surface area contributed by atoms with E-state index in [1.54, 1.807) is 12.1 Å². The Labute approximate surface area is 185 Å². The highest BCUT2D eigenvalue weighted by Crippen LogP contribution is 2.33. The molecule has 6 heteroatoms. The molecule has 0 spiro atoms. The van der Waals surface area contributed by atoms with Gasteiger partial charge in [0, 0.05) is 49.9 Å². The lowest BCUT2D eigenvalue weighted by Crippen LogP contribution is -2.59. The van der Waals surface area contributed by atoms with Crippen LogP contribution in [0, 0.1) is 11.8 Å². The van der Waals surface area contributed by atoms with E-state index in [4.69, 9.17) is 11.6 Å². The zero-order chi connectivity index (χ0) is 21.1. The maximum Gasteiger partial charge on any atom is 0.253 e. The van der Waals surface area contributed by atoms with Crippen LogP contribution < -0.4 is 0 Å². The SMILES string of the molecule is CC1CCN(C(=O)[C@@H](C2CCCC2)N2CCN(C(=O)c3cccc(Cl)c3)CC2)CC1. The Bertz CT molecular complexity index is 749. The molecule has 0 N–H and O–H groups in total. The highest BCUT2D eigenvalue weighted by molar-refractivity contribution is 6.30. The number of rotatable bonds is 4. The molecule has 2 aliphatic heterocycles. The van der Waals surface area contributed by atoms with Crippen LogP contribution >= 0.6 is 11.6 Å². The molecule has 1 aromatic rings. The number of hydrogen-bond acceptors (Lipinski definition) is 3. The predicted molar refractivity (Wildman–Crippen MR) is 120 cm³/mol. The predicted octanol–water partition coefficient (Wildman–Crippen LogP) is 3.92. The number of piperazine rings is 1. The maximum atomic E-state index is 13.6. The molecule has 4 rings (SSSR count). The number of nitrogens with zero attached hydrogens (tertiary/aromatic N) is 3. The van der Waals surface area contributed by atoms with Gasteiger partial charge in [0.2, 0.25) is 5.91 Å². The van der Waals surface area contributed by atoms with Gasteiger partial charge in [0.05, 0.1) is 6.04 Å². The Morgan fingerprint density at radius 1 is 0.933 bits per heavy atom. The monoisotopic (exact) mass is 431 g/mol. The van der Waals surface area contributed by atoms with Crippen LogP contribution in [-0.4, -0.2) is 71.8 Å². The van der Waals surface area contributed by atoms with Crippen LogP contribution in [0.25, 0.3) is 0 Å². The second-order valence-corrected chi connectivity index (χ2v) is 9.77. The Morgan fingerprint density at radius 3 is 2.23 bits per heavy atom. The molecule has 164 valence electrons. The van der Waals surface area contributed by atoms with Gasteiger partial charge in [-0.3, -0.25) is 14.5 Å². The quantitative estimate of drug-likeness (QED) is 0.725. The molecule has 2 heterocycles. The lowest BCUT2D eigenvalue weighted by atomic mass is 9.92. The van der Waals surface area contributed by atoms with E-state index >= 15 is 0 Å². The summed E-state index contributed by atoms with van der Waals surface area (Å²) in [5.74, 6) is 1.56. The van der Waals surface area contributed by atoms with Crippen molar-refractivity contribution in [3.63, 3.8) is 0 Å². The van der Waals surface area contributed by atoms with E-state index in [1.165, 1.54) is 12.8 Å². The van der Waals surface area contributed by atoms with Gasteiger partial charge in [0.15, 0.2) is 0 Å². The number of carbonyl (C=O) groups is 2. The largest absolute Gasteiger partial charge is 0.341 e. The van der Waals surface area contributed by atoms with Crippen LogP contribution in [0.1, 0.15) is 55.8 Å². The molecule has 0 unspecified atom stereocenters. The number of benzene rings is 1. The third-order valence-electron chi connectivity index (χ3n) is 7.26. The molecule has 1 aromatic carbocycles. The van der Waals surface area contributed by atoms with Gasteiger partial charge in [-0.25, -0.2) is 0 Å². The lowest BCUT2D eigenvalue weighted by Gasteiger charge is -2.43. The first-order chi connectivity index (χ1) is 14.5. The Balaban J connectivity index is 1.41. The Hall–Kier alpha value is -1.59. The standard InChI is InChI=1S/C24H34ClN3O2/c1-18-9-11-27(12-10-18)24(30)22(19-5-2-3-6-19)26-13-15-28(16-14-26)23(29)20-7-4-8-21(25)17-20/h4,7-8,17-19,22H,2-3,5-6,9-16H2,1H3/t22-/m1/s1. The average molecular weight is 432 g/mol. The Kier molecular flexibility index (Phi) is 6.99. The molecule has 2 saturated heterocycles. The highest BCUT2D eigenvalue weighted by atomic mass is 35.5. The van der Waals surface area contributed by atoms with Crippen molar-refractivity contribution < 1.29 is 9.59 Å². The summed E-state index contributed by atoms with van der Waals surface area (Å²) in [6, 6.07) is 7.15. The normalized spacial score (nSPS) is 23.0. The molecule has 0 radical (unpaired) electrons. The van der Waals surface area contributed by atoms with Crippen molar-refractivity contribution in [1.29, 1.82) is 0 Å². The molecule has 1 atom stereocenters. The minimum atomic E-state index is -0.00988. The number of amides is 2. The average Bonchev–Trinajstić information content (AvgIpc) is 3.29. The summed E-state index contributed by atoms with van der Waals surface area (Å²) >= 11 is 6.06. The van der Waals surface area contributed by atoms with Gasteiger partial charge in [-0.15, -0.1) is 0 Å². The topological polar surface area (TPSA) is 43.9 Å². The van der Waals surface area contributed by atoms with Crippen LogP contribution in [0.4, 0.5) is 0 Å². The molecule has 1 aliphatic carbocycles. The number of hydrogen-bond donors (Lipinski definition) is 0. The van der Waals surface area contributed by atoms with Crippen molar-refractivity contribution in [3.05, 3.63) is 34.9 Å². The second kappa shape index (κ2) is 9.69. The molecule has 3 aliphatic rings. The number of halogens is 1. The fourth-order valence-electron chi connectivity index (χ4n) is 5.35. The van der Waals surface area contributed by atoms with Gasteiger partial charge in [-0.2, -0.15) is 0 Å². The van der Waals surface area contributed by atoms with Crippen LogP contribution in [0.15, 0.2) is 24.3 Å².